The molecule has 6 nitrogen and oxygen atoms in total. The molecule has 0 saturated heterocycles. The zero-order valence-electron chi connectivity index (χ0n) is 12.4. The van der Waals surface area contributed by atoms with Crippen LogP contribution in [-0.2, 0) is 0 Å². The fourth-order valence-corrected chi connectivity index (χ4v) is 2.27. The van der Waals surface area contributed by atoms with Gasteiger partial charge in [-0.25, -0.2) is 18.6 Å². The topological polar surface area (TPSA) is 109 Å². The van der Waals surface area contributed by atoms with Gasteiger partial charge in [-0.1, -0.05) is 18.2 Å². The molecule has 3 rings (SSSR count). The highest BCUT2D eigenvalue weighted by molar-refractivity contribution is 5.91. The molecule has 116 valence electrons. The lowest BCUT2D eigenvalue weighted by molar-refractivity contribution is -2.00. The molecule has 0 amide bonds. The summed E-state index contributed by atoms with van der Waals surface area (Å²) >= 11 is 0. The van der Waals surface area contributed by atoms with Gasteiger partial charge in [0.15, 0.2) is 5.69 Å². The highest BCUT2D eigenvalue weighted by Crippen LogP contribution is 2.17. The summed E-state index contributed by atoms with van der Waals surface area (Å²) in [5, 5.41) is 2.45. The summed E-state index contributed by atoms with van der Waals surface area (Å²) in [5.41, 5.74) is 4.68. The summed E-state index contributed by atoms with van der Waals surface area (Å²) in [5.74, 6) is 0. The Morgan fingerprint density at radius 3 is 2.18 bits per heavy atom. The number of pyridine rings is 1. The van der Waals surface area contributed by atoms with Gasteiger partial charge in [0.1, 0.15) is 5.69 Å². The van der Waals surface area contributed by atoms with E-state index in [2.05, 4.69) is 61.7 Å². The molecule has 1 aromatic carbocycles. The Hall–Kier alpha value is -1.83. The number of hydrogen-bond donors (Lipinski definition) is 0. The second-order valence-electron chi connectivity index (χ2n) is 4.88. The number of benzene rings is 1. The Labute approximate surface area is 129 Å². The summed E-state index contributed by atoms with van der Waals surface area (Å²) in [6.45, 7) is 6.34. The highest BCUT2D eigenvalue weighted by atomic mass is 35.7. The van der Waals surface area contributed by atoms with Crippen molar-refractivity contribution in [1.82, 2.24) is 4.98 Å². The fourth-order valence-electron chi connectivity index (χ4n) is 2.27. The monoisotopic (exact) mass is 322 g/mol. The molecule has 2 aromatic heterocycles. The molecule has 0 radical (unpaired) electrons. The van der Waals surface area contributed by atoms with E-state index in [1.165, 1.54) is 22.0 Å². The van der Waals surface area contributed by atoms with Crippen LogP contribution in [0.15, 0.2) is 36.5 Å². The van der Waals surface area contributed by atoms with Crippen molar-refractivity contribution in [3.63, 3.8) is 0 Å². The van der Waals surface area contributed by atoms with Crippen LogP contribution in [0, 0.1) is 31.0 Å². The van der Waals surface area contributed by atoms with E-state index < -0.39 is 10.2 Å². The maximum absolute atomic E-state index is 8.49. The van der Waals surface area contributed by atoms with Crippen LogP contribution in [0.25, 0.3) is 16.4 Å². The van der Waals surface area contributed by atoms with Gasteiger partial charge < -0.3 is 0 Å². The molecule has 0 bridgehead atoms. The highest BCUT2D eigenvalue weighted by Gasteiger charge is 2.15. The Balaban J connectivity index is 0.000000309. The van der Waals surface area contributed by atoms with Crippen molar-refractivity contribution >= 4 is 16.4 Å². The molecule has 3 aromatic rings. The number of aromatic nitrogens is 2. The summed E-state index contributed by atoms with van der Waals surface area (Å²) in [6, 6.07) is 10.5. The Kier molecular flexibility index (Phi) is 4.60. The lowest BCUT2D eigenvalue weighted by atomic mass is 10.1. The van der Waals surface area contributed by atoms with E-state index in [9.17, 15) is 0 Å². The van der Waals surface area contributed by atoms with Crippen LogP contribution in [0.1, 0.15) is 17.0 Å². The number of nitrogens with zero attached hydrogens (tertiary/aromatic N) is 2. The largest absolute Gasteiger partial charge is 0.335 e. The van der Waals surface area contributed by atoms with Crippen LogP contribution in [0.3, 0.4) is 0 Å². The molecule has 0 atom stereocenters. The van der Waals surface area contributed by atoms with Gasteiger partial charge in [-0.2, -0.15) is 4.40 Å². The number of halogens is 1. The van der Waals surface area contributed by atoms with E-state index in [0.717, 1.165) is 11.3 Å². The average Bonchev–Trinajstić information content (AvgIpc) is 2.43. The second-order valence-corrected chi connectivity index (χ2v) is 5.64. The third-order valence-corrected chi connectivity index (χ3v) is 3.55. The molecular formula is C15H15ClN2O4. The van der Waals surface area contributed by atoms with Crippen molar-refractivity contribution in [1.29, 1.82) is 0 Å². The molecule has 0 spiro atoms. The van der Waals surface area contributed by atoms with Crippen LogP contribution in [0.5, 0.6) is 0 Å². The lowest BCUT2D eigenvalue weighted by Gasteiger charge is -2.17. The molecule has 0 unspecified atom stereocenters. The second kappa shape index (κ2) is 6.12. The Morgan fingerprint density at radius 2 is 1.55 bits per heavy atom. The molecule has 0 fully saturated rings. The van der Waals surface area contributed by atoms with E-state index in [1.54, 1.807) is 0 Å². The minimum absolute atomic E-state index is 1.05. The van der Waals surface area contributed by atoms with E-state index in [4.69, 9.17) is 23.6 Å². The Morgan fingerprint density at radius 1 is 0.955 bits per heavy atom. The van der Waals surface area contributed by atoms with Gasteiger partial charge in [0.2, 0.25) is 0 Å². The standard InChI is InChI=1S/C15H15N2.ClHO4/c1-10-11(2)16-15-14-7-5-4-6-13(14)8-9-17(15)12(10)3;2-1(3,4)5/h4-9H,1-3H3;(H,2,3,4,5)/q+1;/p-1. The van der Waals surface area contributed by atoms with E-state index in [-0.39, 0.29) is 0 Å². The fraction of sp³-hybridized carbons (Fsp3) is 0.200. The van der Waals surface area contributed by atoms with Gasteiger partial charge in [0.25, 0.3) is 0 Å². The average molecular weight is 323 g/mol. The molecule has 0 N–H and O–H groups in total. The maximum atomic E-state index is 8.49. The van der Waals surface area contributed by atoms with Crippen molar-refractivity contribution in [2.24, 2.45) is 0 Å². The van der Waals surface area contributed by atoms with E-state index in [0.29, 0.717) is 0 Å². The first-order valence-electron chi connectivity index (χ1n) is 6.47. The maximum Gasteiger partial charge on any atom is 0.335 e. The summed E-state index contributed by atoms with van der Waals surface area (Å²) in [6.07, 6.45) is 2.10. The Bertz CT molecular complexity index is 825. The first kappa shape index (κ1) is 16.5. The molecule has 0 aliphatic rings. The van der Waals surface area contributed by atoms with Crippen molar-refractivity contribution < 1.29 is 33.3 Å². The number of rotatable bonds is 0. The zero-order valence-corrected chi connectivity index (χ0v) is 13.1. The third-order valence-electron chi connectivity index (χ3n) is 3.55. The van der Waals surface area contributed by atoms with Crippen LogP contribution in [0.4, 0.5) is 0 Å². The first-order valence-corrected chi connectivity index (χ1v) is 7.70. The minimum Gasteiger partial charge on any atom is -0.222 e. The van der Waals surface area contributed by atoms with Crippen LogP contribution >= 0.6 is 0 Å². The smallest absolute Gasteiger partial charge is 0.222 e. The third kappa shape index (κ3) is 3.68. The molecule has 22 heavy (non-hydrogen) atoms. The molecule has 7 heteroatoms. The zero-order chi connectivity index (χ0) is 16.5. The molecular weight excluding hydrogens is 308 g/mol. The van der Waals surface area contributed by atoms with Gasteiger partial charge in [-0.05, 0) is 36.4 Å². The lowest BCUT2D eigenvalue weighted by Crippen LogP contribution is -2.68. The van der Waals surface area contributed by atoms with Gasteiger partial charge >= 0.3 is 5.65 Å². The SMILES string of the molecule is Cc1nc2c3ccccc3cc[n+]2c(C)c1C.[O-][Cl+3]([O-])([O-])[O-]. The normalized spacial score (nSPS) is 11.4. The van der Waals surface area contributed by atoms with Gasteiger partial charge in [-0.15, -0.1) is 10.2 Å². The van der Waals surface area contributed by atoms with Crippen molar-refractivity contribution in [3.05, 3.63) is 53.5 Å². The number of fused-ring (bicyclic) bond motifs is 3. The van der Waals surface area contributed by atoms with E-state index in [1.807, 2.05) is 0 Å². The van der Waals surface area contributed by atoms with Gasteiger partial charge in [0.05, 0.1) is 11.6 Å². The molecule has 2 heterocycles. The number of aryl methyl sites for hydroxylation is 2. The van der Waals surface area contributed by atoms with Crippen LogP contribution in [-0.4, -0.2) is 4.98 Å². The predicted molar refractivity (Wildman–Crippen MR) is 69.1 cm³/mol. The van der Waals surface area contributed by atoms with Gasteiger partial charge in [-0.3, -0.25) is 0 Å². The molecule has 0 aliphatic carbocycles. The predicted octanol–water partition coefficient (Wildman–Crippen LogP) is -1.86. The van der Waals surface area contributed by atoms with Gasteiger partial charge in [0, 0.05) is 12.5 Å². The quantitative estimate of drug-likeness (QED) is 0.356. The summed E-state index contributed by atoms with van der Waals surface area (Å²) in [7, 11) is -4.94. The summed E-state index contributed by atoms with van der Waals surface area (Å²) in [4.78, 5) is 4.73. The molecule has 0 aliphatic heterocycles. The summed E-state index contributed by atoms with van der Waals surface area (Å²) < 4.78 is 36.1. The van der Waals surface area contributed by atoms with E-state index >= 15 is 0 Å². The van der Waals surface area contributed by atoms with Crippen LogP contribution in [0.2, 0.25) is 0 Å². The van der Waals surface area contributed by atoms with Crippen LogP contribution < -0.4 is 23.0 Å². The van der Waals surface area contributed by atoms with Crippen molar-refractivity contribution in [2.75, 3.05) is 0 Å². The molecule has 0 saturated carbocycles. The first-order chi connectivity index (χ1) is 10.2. The van der Waals surface area contributed by atoms with Crippen molar-refractivity contribution in [2.45, 2.75) is 20.8 Å². The van der Waals surface area contributed by atoms with Crippen molar-refractivity contribution in [3.8, 4) is 0 Å². The number of hydrogen-bond acceptors (Lipinski definition) is 5. The minimum atomic E-state index is -4.94.